The van der Waals surface area contributed by atoms with Crippen LogP contribution in [-0.2, 0) is 0 Å². The van der Waals surface area contributed by atoms with Crippen LogP contribution in [0.4, 0.5) is 0 Å². The summed E-state index contributed by atoms with van der Waals surface area (Å²) in [6.45, 7) is 1.95. The van der Waals surface area contributed by atoms with Crippen molar-refractivity contribution in [2.75, 3.05) is 0 Å². The van der Waals surface area contributed by atoms with Crippen LogP contribution in [0.15, 0.2) is 36.5 Å². The quantitative estimate of drug-likeness (QED) is 0.748. The number of hydrogen-bond donors (Lipinski definition) is 0. The van der Waals surface area contributed by atoms with E-state index in [0.29, 0.717) is 10.6 Å². The van der Waals surface area contributed by atoms with Crippen LogP contribution < -0.4 is 0 Å². The first-order valence-corrected chi connectivity index (χ1v) is 5.22. The summed E-state index contributed by atoms with van der Waals surface area (Å²) in [5.41, 5.74) is 3.46. The van der Waals surface area contributed by atoms with Crippen molar-refractivity contribution in [1.29, 1.82) is 5.26 Å². The summed E-state index contributed by atoms with van der Waals surface area (Å²) in [6, 6.07) is 11.3. The average Bonchev–Trinajstić information content (AvgIpc) is 2.29. The molecule has 0 atom stereocenters. The van der Waals surface area contributed by atoms with Crippen molar-refractivity contribution >= 4 is 11.6 Å². The third kappa shape index (κ3) is 1.91. The Labute approximate surface area is 99.1 Å². The predicted octanol–water partition coefficient (Wildman–Crippen LogP) is 3.58. The fraction of sp³-hybridized carbons (Fsp3) is 0.0769. The van der Waals surface area contributed by atoms with Crippen LogP contribution in [0, 0.1) is 18.3 Å². The smallest absolute Gasteiger partial charge is 0.101 e. The summed E-state index contributed by atoms with van der Waals surface area (Å²) in [5, 5.41) is 9.26. The molecule has 3 heteroatoms. The number of nitriles is 1. The maximum Gasteiger partial charge on any atom is 0.101 e. The first-order valence-electron chi connectivity index (χ1n) is 4.84. The molecule has 0 bridgehead atoms. The molecule has 0 aliphatic carbocycles. The highest BCUT2D eigenvalue weighted by Crippen LogP contribution is 2.26. The molecular formula is C13H9ClN2. The molecule has 2 rings (SSSR count). The highest BCUT2D eigenvalue weighted by atomic mass is 35.5. The van der Waals surface area contributed by atoms with Gasteiger partial charge in [0, 0.05) is 17.5 Å². The van der Waals surface area contributed by atoms with Crippen molar-refractivity contribution in [3.8, 4) is 17.2 Å². The number of nitrogens with zero attached hydrogens (tertiary/aromatic N) is 2. The molecule has 1 aromatic carbocycles. The molecule has 2 aromatic rings. The zero-order chi connectivity index (χ0) is 11.5. The minimum Gasteiger partial charge on any atom is -0.261 e. The Morgan fingerprint density at radius 2 is 2.12 bits per heavy atom. The van der Waals surface area contributed by atoms with E-state index in [-0.39, 0.29) is 0 Å². The Morgan fingerprint density at radius 3 is 2.75 bits per heavy atom. The molecule has 2 nitrogen and oxygen atoms in total. The Bertz CT molecular complexity index is 570. The van der Waals surface area contributed by atoms with E-state index in [1.54, 1.807) is 18.3 Å². The van der Waals surface area contributed by atoms with Crippen molar-refractivity contribution in [2.24, 2.45) is 0 Å². The summed E-state index contributed by atoms with van der Waals surface area (Å²) in [5.74, 6) is 0. The Morgan fingerprint density at radius 1 is 1.31 bits per heavy atom. The van der Waals surface area contributed by atoms with Gasteiger partial charge in [-0.1, -0.05) is 23.7 Å². The molecule has 0 amide bonds. The third-order valence-electron chi connectivity index (χ3n) is 2.41. The number of rotatable bonds is 1. The summed E-state index contributed by atoms with van der Waals surface area (Å²) in [7, 11) is 0. The van der Waals surface area contributed by atoms with Crippen molar-refractivity contribution in [2.45, 2.75) is 6.92 Å². The van der Waals surface area contributed by atoms with E-state index in [9.17, 15) is 0 Å². The first-order chi connectivity index (χ1) is 7.72. The fourth-order valence-corrected chi connectivity index (χ4v) is 1.79. The molecule has 0 saturated heterocycles. The van der Waals surface area contributed by atoms with Gasteiger partial charge in [-0.05, 0) is 30.7 Å². The van der Waals surface area contributed by atoms with Gasteiger partial charge in [0.2, 0.25) is 0 Å². The van der Waals surface area contributed by atoms with E-state index in [2.05, 4.69) is 4.98 Å². The second kappa shape index (κ2) is 4.34. The molecule has 0 spiro atoms. The van der Waals surface area contributed by atoms with Crippen LogP contribution in [0.3, 0.4) is 0 Å². The molecule has 1 heterocycles. The van der Waals surface area contributed by atoms with Crippen molar-refractivity contribution < 1.29 is 0 Å². The average molecular weight is 229 g/mol. The van der Waals surface area contributed by atoms with E-state index in [1.165, 1.54) is 0 Å². The van der Waals surface area contributed by atoms with Gasteiger partial charge in [-0.15, -0.1) is 0 Å². The second-order valence-electron chi connectivity index (χ2n) is 3.44. The number of hydrogen-bond acceptors (Lipinski definition) is 2. The van der Waals surface area contributed by atoms with Crippen molar-refractivity contribution in [3.63, 3.8) is 0 Å². The van der Waals surface area contributed by atoms with Crippen LogP contribution in [0.25, 0.3) is 11.1 Å². The highest BCUT2D eigenvalue weighted by Gasteiger charge is 2.05. The zero-order valence-electron chi connectivity index (χ0n) is 8.74. The number of pyridine rings is 1. The lowest BCUT2D eigenvalue weighted by Gasteiger charge is -2.05. The Balaban J connectivity index is 2.55. The number of aryl methyl sites for hydroxylation is 1. The maximum atomic E-state index is 8.79. The molecule has 0 aliphatic heterocycles. The van der Waals surface area contributed by atoms with Gasteiger partial charge in [0.1, 0.15) is 6.07 Å². The van der Waals surface area contributed by atoms with Crippen LogP contribution in [0.2, 0.25) is 5.02 Å². The Hall–Kier alpha value is -1.85. The molecule has 16 heavy (non-hydrogen) atoms. The van der Waals surface area contributed by atoms with Gasteiger partial charge in [0.25, 0.3) is 0 Å². The third-order valence-corrected chi connectivity index (χ3v) is 2.72. The molecular weight excluding hydrogens is 220 g/mol. The van der Waals surface area contributed by atoms with Gasteiger partial charge in [-0.2, -0.15) is 5.26 Å². The lowest BCUT2D eigenvalue weighted by molar-refractivity contribution is 1.20. The minimum atomic E-state index is 0.475. The van der Waals surface area contributed by atoms with Gasteiger partial charge in [0.15, 0.2) is 0 Å². The summed E-state index contributed by atoms with van der Waals surface area (Å²) in [4.78, 5) is 4.22. The number of aromatic nitrogens is 1. The molecule has 0 radical (unpaired) electrons. The molecule has 78 valence electrons. The SMILES string of the molecule is Cc1ncccc1-c1ccc(C#N)c(Cl)c1. The van der Waals surface area contributed by atoms with Crippen LogP contribution >= 0.6 is 11.6 Å². The Kier molecular flexibility index (Phi) is 2.89. The molecule has 0 N–H and O–H groups in total. The molecule has 0 fully saturated rings. The number of benzene rings is 1. The molecule has 0 aliphatic rings. The topological polar surface area (TPSA) is 36.7 Å². The normalized spacial score (nSPS) is 9.81. The van der Waals surface area contributed by atoms with Crippen molar-refractivity contribution in [1.82, 2.24) is 4.98 Å². The zero-order valence-corrected chi connectivity index (χ0v) is 9.49. The summed E-state index contributed by atoms with van der Waals surface area (Å²) < 4.78 is 0. The largest absolute Gasteiger partial charge is 0.261 e. The summed E-state index contributed by atoms with van der Waals surface area (Å²) >= 11 is 5.99. The van der Waals surface area contributed by atoms with E-state index >= 15 is 0 Å². The minimum absolute atomic E-state index is 0.475. The van der Waals surface area contributed by atoms with Crippen molar-refractivity contribution in [3.05, 3.63) is 52.8 Å². The second-order valence-corrected chi connectivity index (χ2v) is 3.85. The lowest BCUT2D eigenvalue weighted by Crippen LogP contribution is -1.87. The van der Waals surface area contributed by atoms with Gasteiger partial charge in [-0.3, -0.25) is 4.98 Å². The van der Waals surface area contributed by atoms with Crippen LogP contribution in [0.1, 0.15) is 11.3 Å². The van der Waals surface area contributed by atoms with E-state index in [4.69, 9.17) is 16.9 Å². The lowest BCUT2D eigenvalue weighted by atomic mass is 10.0. The standard InChI is InChI=1S/C13H9ClN2/c1-9-12(3-2-6-16-9)10-4-5-11(8-15)13(14)7-10/h2-7H,1H3. The fourth-order valence-electron chi connectivity index (χ4n) is 1.56. The predicted molar refractivity (Wildman–Crippen MR) is 64.1 cm³/mol. The van der Waals surface area contributed by atoms with Gasteiger partial charge >= 0.3 is 0 Å². The van der Waals surface area contributed by atoms with Crippen LogP contribution in [-0.4, -0.2) is 4.98 Å². The van der Waals surface area contributed by atoms with Crippen LogP contribution in [0.5, 0.6) is 0 Å². The van der Waals surface area contributed by atoms with E-state index in [1.807, 2.05) is 31.2 Å². The first kappa shape index (κ1) is 10.7. The van der Waals surface area contributed by atoms with Gasteiger partial charge in [0.05, 0.1) is 10.6 Å². The molecule has 0 saturated carbocycles. The maximum absolute atomic E-state index is 8.79. The monoisotopic (exact) mass is 228 g/mol. The van der Waals surface area contributed by atoms with E-state index < -0.39 is 0 Å². The van der Waals surface area contributed by atoms with Gasteiger partial charge < -0.3 is 0 Å². The highest BCUT2D eigenvalue weighted by molar-refractivity contribution is 6.32. The van der Waals surface area contributed by atoms with Gasteiger partial charge in [-0.25, -0.2) is 0 Å². The summed E-state index contributed by atoms with van der Waals surface area (Å²) in [6.07, 6.45) is 1.75. The molecule has 0 unspecified atom stereocenters. The number of halogens is 1. The molecule has 1 aromatic heterocycles. The van der Waals surface area contributed by atoms with E-state index in [0.717, 1.165) is 16.8 Å².